The van der Waals surface area contributed by atoms with Gasteiger partial charge in [0.1, 0.15) is 11.3 Å². The molecule has 3 N–H and O–H groups in total. The van der Waals surface area contributed by atoms with Crippen LogP contribution in [0.25, 0.3) is 0 Å². The van der Waals surface area contributed by atoms with Crippen LogP contribution in [0.3, 0.4) is 0 Å². The molecular formula is C17H22N2O4S. The van der Waals surface area contributed by atoms with E-state index in [2.05, 4.69) is 4.72 Å². The number of fused-ring (bicyclic) bond motifs is 3. The van der Waals surface area contributed by atoms with Crippen molar-refractivity contribution in [2.75, 3.05) is 6.61 Å². The van der Waals surface area contributed by atoms with E-state index in [-0.39, 0.29) is 10.8 Å². The molecule has 1 saturated carbocycles. The van der Waals surface area contributed by atoms with Crippen molar-refractivity contribution >= 4 is 15.9 Å². The fraction of sp³-hybridized carbons (Fsp3) is 0.471. The first kappa shape index (κ1) is 17.0. The van der Waals surface area contributed by atoms with Gasteiger partial charge in [-0.2, -0.15) is 0 Å². The highest BCUT2D eigenvalue weighted by Gasteiger charge is 2.56. The topological polar surface area (TPSA) is 98.5 Å². The molecule has 2 aliphatic rings. The molecule has 0 unspecified atom stereocenters. The van der Waals surface area contributed by atoms with Gasteiger partial charge in [-0.1, -0.05) is 18.2 Å². The van der Waals surface area contributed by atoms with Gasteiger partial charge in [-0.25, -0.2) is 13.1 Å². The van der Waals surface area contributed by atoms with Crippen molar-refractivity contribution < 1.29 is 17.9 Å². The SMILES string of the molecule is N[C@]12C[C@H]1C=CCCCCCOc1cccc(c1)S(=O)(=O)NC2=O. The molecule has 1 amide bonds. The van der Waals surface area contributed by atoms with E-state index < -0.39 is 21.5 Å². The molecule has 1 aromatic rings. The molecule has 6 nitrogen and oxygen atoms in total. The second-order valence-corrected chi connectivity index (χ2v) is 8.07. The number of benzene rings is 1. The molecule has 0 aromatic heterocycles. The summed E-state index contributed by atoms with van der Waals surface area (Å²) >= 11 is 0. The Balaban J connectivity index is 1.85. The standard InChI is InChI=1S/C17H22N2O4S/c18-17-12-13(17)7-4-2-1-3-5-10-23-14-8-6-9-15(11-14)24(21,22)19-16(17)20/h4,6-9,11,13H,1-3,5,10,12,18H2,(H,19,20)/t13-,17-/m1/s1. The van der Waals surface area contributed by atoms with Gasteiger partial charge in [-0.05, 0) is 44.2 Å². The lowest BCUT2D eigenvalue weighted by Gasteiger charge is -2.13. The maximum atomic E-state index is 12.4. The largest absolute Gasteiger partial charge is 0.494 e. The van der Waals surface area contributed by atoms with E-state index in [4.69, 9.17) is 10.5 Å². The van der Waals surface area contributed by atoms with Gasteiger partial charge >= 0.3 is 0 Å². The highest BCUT2D eigenvalue weighted by molar-refractivity contribution is 7.90. The van der Waals surface area contributed by atoms with Crippen molar-refractivity contribution in [2.24, 2.45) is 11.7 Å². The molecule has 1 aliphatic carbocycles. The van der Waals surface area contributed by atoms with Crippen molar-refractivity contribution in [2.45, 2.75) is 42.5 Å². The third-order valence-electron chi connectivity index (χ3n) is 4.48. The quantitative estimate of drug-likeness (QED) is 0.694. The van der Waals surface area contributed by atoms with E-state index in [0.717, 1.165) is 25.7 Å². The second-order valence-electron chi connectivity index (χ2n) is 6.39. The third-order valence-corrected chi connectivity index (χ3v) is 5.81. The highest BCUT2D eigenvalue weighted by atomic mass is 32.2. The number of carbonyl (C=O) groups excluding carboxylic acids is 1. The predicted molar refractivity (Wildman–Crippen MR) is 89.9 cm³/mol. The molecule has 1 aliphatic heterocycles. The van der Waals surface area contributed by atoms with Crippen LogP contribution in [0.15, 0.2) is 41.3 Å². The number of amides is 1. The van der Waals surface area contributed by atoms with Crippen LogP contribution in [-0.4, -0.2) is 26.5 Å². The van der Waals surface area contributed by atoms with Crippen molar-refractivity contribution in [3.63, 3.8) is 0 Å². The lowest BCUT2D eigenvalue weighted by atomic mass is 10.1. The molecule has 7 heteroatoms. The molecule has 3 rings (SSSR count). The smallest absolute Gasteiger partial charge is 0.264 e. The first-order valence-electron chi connectivity index (χ1n) is 8.17. The van der Waals surface area contributed by atoms with E-state index in [1.165, 1.54) is 12.1 Å². The van der Waals surface area contributed by atoms with Gasteiger partial charge in [-0.15, -0.1) is 0 Å². The van der Waals surface area contributed by atoms with Crippen LogP contribution in [-0.2, 0) is 14.8 Å². The van der Waals surface area contributed by atoms with Crippen LogP contribution in [0.2, 0.25) is 0 Å². The number of rotatable bonds is 0. The molecule has 2 bridgehead atoms. The van der Waals surface area contributed by atoms with E-state index in [1.54, 1.807) is 12.1 Å². The summed E-state index contributed by atoms with van der Waals surface area (Å²) in [5.74, 6) is -0.282. The fourth-order valence-electron chi connectivity index (χ4n) is 2.80. The average molecular weight is 350 g/mol. The Kier molecular flexibility index (Phi) is 4.64. The Hall–Kier alpha value is -1.86. The molecule has 2 atom stereocenters. The van der Waals surface area contributed by atoms with Crippen molar-refractivity contribution in [1.82, 2.24) is 4.72 Å². The van der Waals surface area contributed by atoms with Gasteiger partial charge in [0.25, 0.3) is 15.9 Å². The van der Waals surface area contributed by atoms with Gasteiger partial charge in [0.2, 0.25) is 0 Å². The second kappa shape index (κ2) is 6.57. The summed E-state index contributed by atoms with van der Waals surface area (Å²) in [6.45, 7) is 0.536. The zero-order valence-corrected chi connectivity index (χ0v) is 14.2. The molecule has 24 heavy (non-hydrogen) atoms. The molecule has 1 heterocycles. The third kappa shape index (κ3) is 3.62. The van der Waals surface area contributed by atoms with Crippen molar-refractivity contribution in [3.05, 3.63) is 36.4 Å². The Bertz CT molecular complexity index is 760. The molecular weight excluding hydrogens is 328 g/mol. The number of nitrogens with two attached hydrogens (primary N) is 1. The van der Waals surface area contributed by atoms with Crippen molar-refractivity contribution in [1.29, 1.82) is 0 Å². The lowest BCUT2D eigenvalue weighted by Crippen LogP contribution is -2.46. The summed E-state index contributed by atoms with van der Waals surface area (Å²) in [5.41, 5.74) is 4.92. The first-order chi connectivity index (χ1) is 11.4. The number of hydrogen-bond acceptors (Lipinski definition) is 5. The van der Waals surface area contributed by atoms with E-state index >= 15 is 0 Å². The van der Waals surface area contributed by atoms with Crippen LogP contribution in [0.1, 0.15) is 32.1 Å². The van der Waals surface area contributed by atoms with Crippen LogP contribution < -0.4 is 15.2 Å². The highest BCUT2D eigenvalue weighted by Crippen LogP contribution is 2.42. The van der Waals surface area contributed by atoms with E-state index in [0.29, 0.717) is 18.8 Å². The van der Waals surface area contributed by atoms with Gasteiger partial charge in [0.15, 0.2) is 0 Å². The predicted octanol–water partition coefficient (Wildman–Crippen LogP) is 1.72. The van der Waals surface area contributed by atoms with Gasteiger partial charge < -0.3 is 10.5 Å². The monoisotopic (exact) mass is 350 g/mol. The fourth-order valence-corrected chi connectivity index (χ4v) is 3.89. The zero-order valence-electron chi connectivity index (χ0n) is 13.4. The Morgan fingerprint density at radius 2 is 2.08 bits per heavy atom. The molecule has 0 spiro atoms. The van der Waals surface area contributed by atoms with Crippen LogP contribution in [0.4, 0.5) is 0 Å². The molecule has 1 fully saturated rings. The van der Waals surface area contributed by atoms with Crippen LogP contribution in [0, 0.1) is 5.92 Å². The molecule has 1 aromatic carbocycles. The van der Waals surface area contributed by atoms with E-state index in [9.17, 15) is 13.2 Å². The van der Waals surface area contributed by atoms with E-state index in [1.807, 2.05) is 12.2 Å². The summed E-state index contributed by atoms with van der Waals surface area (Å²) in [6, 6.07) is 6.15. The van der Waals surface area contributed by atoms with Gasteiger partial charge in [-0.3, -0.25) is 4.79 Å². The van der Waals surface area contributed by atoms with Crippen LogP contribution in [0.5, 0.6) is 5.75 Å². The number of allylic oxidation sites excluding steroid dienone is 1. The Labute approximate surface area is 142 Å². The van der Waals surface area contributed by atoms with Gasteiger partial charge in [0, 0.05) is 12.0 Å². The summed E-state index contributed by atoms with van der Waals surface area (Å²) in [4.78, 5) is 12.3. The molecule has 0 saturated heterocycles. The normalized spacial score (nSPS) is 29.9. The number of hydrogen-bond donors (Lipinski definition) is 2. The minimum atomic E-state index is -3.96. The maximum absolute atomic E-state index is 12.4. The Morgan fingerprint density at radius 1 is 1.25 bits per heavy atom. The molecule has 130 valence electrons. The van der Waals surface area contributed by atoms with Gasteiger partial charge in [0.05, 0.1) is 11.5 Å². The minimum Gasteiger partial charge on any atom is -0.494 e. The molecule has 0 radical (unpaired) electrons. The zero-order chi connectivity index (χ0) is 17.2. The average Bonchev–Trinajstić information content (AvgIpc) is 3.21. The number of ether oxygens (including phenoxy) is 1. The number of carbonyl (C=O) groups is 1. The Morgan fingerprint density at radius 3 is 2.92 bits per heavy atom. The van der Waals surface area contributed by atoms with Crippen LogP contribution >= 0.6 is 0 Å². The first-order valence-corrected chi connectivity index (χ1v) is 9.66. The number of nitrogens with one attached hydrogen (secondary N) is 1. The lowest BCUT2D eigenvalue weighted by molar-refractivity contribution is -0.121. The van der Waals surface area contributed by atoms with Crippen molar-refractivity contribution in [3.8, 4) is 5.75 Å². The minimum absolute atomic E-state index is 0.00298. The summed E-state index contributed by atoms with van der Waals surface area (Å²) in [6.07, 6.45) is 8.32. The maximum Gasteiger partial charge on any atom is 0.264 e. The summed E-state index contributed by atoms with van der Waals surface area (Å²) in [5, 5.41) is 0. The summed E-state index contributed by atoms with van der Waals surface area (Å²) in [7, 11) is -3.96. The number of sulfonamides is 1. The summed E-state index contributed by atoms with van der Waals surface area (Å²) < 4.78 is 32.5.